The maximum Gasteiger partial charge on any atom is 0.398 e. The Hall–Kier alpha value is -1.15. The molecule has 3 rings (SSSR count). The van der Waals surface area contributed by atoms with E-state index in [2.05, 4.69) is 4.99 Å². The van der Waals surface area contributed by atoms with E-state index in [4.69, 9.17) is 0 Å². The summed E-state index contributed by atoms with van der Waals surface area (Å²) in [4.78, 5) is 18.9. The highest BCUT2D eigenvalue weighted by atomic mass is 32.2. The first kappa shape index (κ1) is 17.7. The molecule has 24 heavy (non-hydrogen) atoms. The second kappa shape index (κ2) is 6.63. The number of thioether (sulfide) groups is 2. The third kappa shape index (κ3) is 4.08. The Morgan fingerprint density at radius 3 is 2.62 bits per heavy atom. The molecule has 1 aromatic rings. The van der Waals surface area contributed by atoms with E-state index in [1.165, 1.54) is 11.8 Å². The summed E-state index contributed by atoms with van der Waals surface area (Å²) in [5.41, 5.74) is 2.33. The van der Waals surface area contributed by atoms with Gasteiger partial charge in [-0.1, -0.05) is 17.8 Å². The Morgan fingerprint density at radius 1 is 1.29 bits per heavy atom. The van der Waals surface area contributed by atoms with Gasteiger partial charge in [0.15, 0.2) is 5.17 Å². The van der Waals surface area contributed by atoms with Crippen LogP contribution in [0.2, 0.25) is 0 Å². The minimum absolute atomic E-state index is 0.0673. The van der Waals surface area contributed by atoms with Gasteiger partial charge in [-0.15, -0.1) is 11.8 Å². The summed E-state index contributed by atoms with van der Waals surface area (Å²) in [5, 5.41) is 0.668. The van der Waals surface area contributed by atoms with E-state index >= 15 is 0 Å². The molecule has 1 saturated heterocycles. The molecular formula is C16H17F3N2OS2. The molecule has 0 aromatic heterocycles. The lowest BCUT2D eigenvalue weighted by Crippen LogP contribution is -2.31. The molecule has 0 unspecified atom stereocenters. The Kier molecular flexibility index (Phi) is 4.88. The van der Waals surface area contributed by atoms with E-state index < -0.39 is 11.9 Å². The van der Waals surface area contributed by atoms with Gasteiger partial charge in [0.05, 0.1) is 17.2 Å². The molecular weight excluding hydrogens is 357 g/mol. The van der Waals surface area contributed by atoms with E-state index in [0.29, 0.717) is 21.5 Å². The van der Waals surface area contributed by atoms with Crippen molar-refractivity contribution in [1.82, 2.24) is 4.90 Å². The lowest BCUT2D eigenvalue weighted by molar-refractivity contribution is -0.124. The van der Waals surface area contributed by atoms with Crippen LogP contribution in [0, 0.1) is 13.8 Å². The summed E-state index contributed by atoms with van der Waals surface area (Å²) < 4.78 is 37.4. The van der Waals surface area contributed by atoms with Crippen LogP contribution in [-0.4, -0.2) is 39.7 Å². The molecule has 2 fully saturated rings. The first-order valence-corrected chi connectivity index (χ1v) is 9.56. The van der Waals surface area contributed by atoms with Gasteiger partial charge in [0, 0.05) is 10.9 Å². The average Bonchev–Trinajstić information content (AvgIpc) is 3.24. The lowest BCUT2D eigenvalue weighted by Gasteiger charge is -2.16. The Morgan fingerprint density at radius 2 is 2.00 bits per heavy atom. The number of halogens is 3. The molecule has 2 aliphatic rings. The van der Waals surface area contributed by atoms with Crippen molar-refractivity contribution in [1.29, 1.82) is 0 Å². The van der Waals surface area contributed by atoms with Crippen molar-refractivity contribution < 1.29 is 18.0 Å². The molecule has 0 bridgehead atoms. The zero-order valence-electron chi connectivity index (χ0n) is 13.3. The number of aliphatic imine (C=N–C) groups is 1. The van der Waals surface area contributed by atoms with Crippen LogP contribution in [-0.2, 0) is 4.79 Å². The van der Waals surface area contributed by atoms with E-state index in [1.807, 2.05) is 13.0 Å². The maximum atomic E-state index is 12.5. The third-order valence-electron chi connectivity index (χ3n) is 3.81. The van der Waals surface area contributed by atoms with Crippen LogP contribution in [0.4, 0.5) is 18.9 Å². The van der Waals surface area contributed by atoms with Crippen LogP contribution in [0.3, 0.4) is 0 Å². The van der Waals surface area contributed by atoms with Gasteiger partial charge in [0.2, 0.25) is 5.91 Å². The minimum Gasteiger partial charge on any atom is -0.287 e. The number of carbonyl (C=O) groups is 1. The summed E-state index contributed by atoms with van der Waals surface area (Å²) in [5.74, 6) is -0.470. The van der Waals surface area contributed by atoms with Gasteiger partial charge in [-0.25, -0.2) is 4.99 Å². The number of amidine groups is 1. The van der Waals surface area contributed by atoms with Crippen molar-refractivity contribution in [2.75, 3.05) is 11.5 Å². The molecule has 1 aromatic carbocycles. The number of benzene rings is 1. The predicted molar refractivity (Wildman–Crippen MR) is 92.1 cm³/mol. The van der Waals surface area contributed by atoms with E-state index in [0.717, 1.165) is 35.7 Å². The van der Waals surface area contributed by atoms with Crippen LogP contribution in [0.15, 0.2) is 22.0 Å². The monoisotopic (exact) mass is 374 g/mol. The molecule has 1 heterocycles. The molecule has 1 aliphatic carbocycles. The molecule has 0 atom stereocenters. The number of rotatable bonds is 4. The lowest BCUT2D eigenvalue weighted by atomic mass is 10.1. The van der Waals surface area contributed by atoms with Gasteiger partial charge in [-0.3, -0.25) is 9.69 Å². The summed E-state index contributed by atoms with van der Waals surface area (Å²) in [6.45, 7) is 3.68. The van der Waals surface area contributed by atoms with Crippen molar-refractivity contribution >= 4 is 40.3 Å². The molecule has 0 N–H and O–H groups in total. The normalized spacial score (nSPS) is 20.3. The second-order valence-electron chi connectivity index (χ2n) is 5.99. The summed E-state index contributed by atoms with van der Waals surface area (Å²) in [6, 6.07) is 3.79. The largest absolute Gasteiger partial charge is 0.398 e. The van der Waals surface area contributed by atoms with Crippen LogP contribution in [0.25, 0.3) is 0 Å². The van der Waals surface area contributed by atoms with Gasteiger partial charge in [0.25, 0.3) is 0 Å². The number of nitrogens with zero attached hydrogens (tertiary/aromatic N) is 2. The highest BCUT2D eigenvalue weighted by Gasteiger charge is 2.40. The standard InChI is InChI=1S/C16H17F3N2OS2/c1-9-5-10(2)13(24-8-16(17,18)19)6-12(9)20-15-21(11-3-4-11)14(22)7-23-15/h5-6,11H,3-4,7-8H2,1-2H3/b20-15-. The average molecular weight is 374 g/mol. The number of carbonyl (C=O) groups excluding carboxylic acids is 1. The smallest absolute Gasteiger partial charge is 0.287 e. The molecule has 1 saturated carbocycles. The molecule has 0 spiro atoms. The van der Waals surface area contributed by atoms with Gasteiger partial charge in [0.1, 0.15) is 0 Å². The van der Waals surface area contributed by atoms with Crippen molar-refractivity contribution in [3.05, 3.63) is 23.3 Å². The topological polar surface area (TPSA) is 32.7 Å². The second-order valence-corrected chi connectivity index (χ2v) is 7.95. The fraction of sp³-hybridized carbons (Fsp3) is 0.500. The van der Waals surface area contributed by atoms with Crippen molar-refractivity contribution in [3.8, 4) is 0 Å². The Balaban J connectivity index is 1.87. The number of hydrogen-bond donors (Lipinski definition) is 0. The van der Waals surface area contributed by atoms with Crippen molar-refractivity contribution in [2.24, 2.45) is 4.99 Å². The quantitative estimate of drug-likeness (QED) is 0.717. The van der Waals surface area contributed by atoms with Gasteiger partial charge >= 0.3 is 6.18 Å². The molecule has 3 nitrogen and oxygen atoms in total. The molecule has 1 aliphatic heterocycles. The predicted octanol–water partition coefficient (Wildman–Crippen LogP) is 4.68. The molecule has 8 heteroatoms. The molecule has 130 valence electrons. The number of aryl methyl sites for hydroxylation is 2. The number of amides is 1. The van der Waals surface area contributed by atoms with Crippen LogP contribution < -0.4 is 0 Å². The summed E-state index contributed by atoms with van der Waals surface area (Å²) in [7, 11) is 0. The molecule has 0 radical (unpaired) electrons. The Bertz CT molecular complexity index is 699. The minimum atomic E-state index is -4.20. The van der Waals surface area contributed by atoms with Gasteiger partial charge in [-0.05, 0) is 43.9 Å². The van der Waals surface area contributed by atoms with Gasteiger partial charge < -0.3 is 0 Å². The van der Waals surface area contributed by atoms with E-state index in [1.54, 1.807) is 17.9 Å². The van der Waals surface area contributed by atoms with Crippen LogP contribution >= 0.6 is 23.5 Å². The molecule has 1 amide bonds. The van der Waals surface area contributed by atoms with Gasteiger partial charge in [-0.2, -0.15) is 13.2 Å². The zero-order chi connectivity index (χ0) is 17.5. The van der Waals surface area contributed by atoms with Crippen LogP contribution in [0.1, 0.15) is 24.0 Å². The van der Waals surface area contributed by atoms with Crippen LogP contribution in [0.5, 0.6) is 0 Å². The fourth-order valence-electron chi connectivity index (χ4n) is 2.51. The summed E-state index contributed by atoms with van der Waals surface area (Å²) >= 11 is 2.17. The van der Waals surface area contributed by atoms with E-state index in [-0.39, 0.29) is 11.9 Å². The highest BCUT2D eigenvalue weighted by Crippen LogP contribution is 2.37. The zero-order valence-corrected chi connectivity index (χ0v) is 14.9. The first-order valence-electron chi connectivity index (χ1n) is 7.59. The summed E-state index contributed by atoms with van der Waals surface area (Å²) in [6.07, 6.45) is -2.22. The maximum absolute atomic E-state index is 12.5. The number of hydrogen-bond acceptors (Lipinski definition) is 4. The van der Waals surface area contributed by atoms with Crippen molar-refractivity contribution in [3.63, 3.8) is 0 Å². The third-order valence-corrected chi connectivity index (χ3v) is 5.97. The SMILES string of the molecule is Cc1cc(C)c(SCC(F)(F)F)cc1/N=C1\SCC(=O)N1C1CC1. The number of alkyl halides is 3. The highest BCUT2D eigenvalue weighted by molar-refractivity contribution is 8.15. The Labute approximate surface area is 147 Å². The van der Waals surface area contributed by atoms with E-state index in [9.17, 15) is 18.0 Å². The first-order chi connectivity index (χ1) is 11.2. The van der Waals surface area contributed by atoms with Crippen molar-refractivity contribution in [2.45, 2.75) is 43.8 Å². The fourth-order valence-corrected chi connectivity index (χ4v) is 4.26.